The highest BCUT2D eigenvalue weighted by molar-refractivity contribution is 5.85. The number of nitrogens with one attached hydrogen (secondary N) is 1. The zero-order valence-corrected chi connectivity index (χ0v) is 15.7. The number of carbonyl (C=O) groups excluding carboxylic acids is 1. The van der Waals surface area contributed by atoms with Gasteiger partial charge in [-0.05, 0) is 29.7 Å². The van der Waals surface area contributed by atoms with Crippen molar-refractivity contribution in [1.29, 1.82) is 0 Å². The van der Waals surface area contributed by atoms with Crippen molar-refractivity contribution in [3.05, 3.63) is 65.2 Å². The number of fused-ring (bicyclic) bond motifs is 1. The number of carbonyl (C=O) groups is 1. The van der Waals surface area contributed by atoms with Crippen LogP contribution in [0, 0.1) is 6.92 Å². The standard InChI is InChI=1S/C20H25N3O.ClH/c1-16-7-3-4-9-18(16)14-22(2)20(24)15-23-12-11-21-13-17-8-5-6-10-19(17)23;/h3-10,21H,11-15H2,1-2H3;1H. The zero-order chi connectivity index (χ0) is 16.9. The lowest BCUT2D eigenvalue weighted by Gasteiger charge is -2.27. The van der Waals surface area contributed by atoms with E-state index in [1.807, 2.05) is 30.1 Å². The van der Waals surface area contributed by atoms with E-state index in [1.165, 1.54) is 22.4 Å². The minimum absolute atomic E-state index is 0. The molecule has 3 rings (SSSR count). The Hall–Kier alpha value is -2.04. The number of halogens is 1. The predicted octanol–water partition coefficient (Wildman–Crippen LogP) is 2.99. The van der Waals surface area contributed by atoms with Crippen LogP contribution in [0.25, 0.3) is 0 Å². The third-order valence-corrected chi connectivity index (χ3v) is 4.63. The molecule has 0 saturated carbocycles. The molecule has 5 heteroatoms. The average molecular weight is 360 g/mol. The molecule has 25 heavy (non-hydrogen) atoms. The molecule has 1 aliphatic rings. The van der Waals surface area contributed by atoms with Crippen LogP contribution >= 0.6 is 12.4 Å². The molecule has 0 spiro atoms. The summed E-state index contributed by atoms with van der Waals surface area (Å²) in [5.41, 5.74) is 4.84. The van der Waals surface area contributed by atoms with E-state index < -0.39 is 0 Å². The van der Waals surface area contributed by atoms with Crippen molar-refractivity contribution in [2.24, 2.45) is 0 Å². The molecule has 0 aliphatic carbocycles. The molecule has 1 aliphatic heterocycles. The summed E-state index contributed by atoms with van der Waals surface area (Å²) in [4.78, 5) is 16.7. The van der Waals surface area contributed by atoms with Crippen LogP contribution in [0.5, 0.6) is 0 Å². The van der Waals surface area contributed by atoms with E-state index in [2.05, 4.69) is 47.5 Å². The number of rotatable bonds is 4. The second kappa shape index (κ2) is 8.88. The number of hydrogen-bond acceptors (Lipinski definition) is 3. The van der Waals surface area contributed by atoms with Gasteiger partial charge in [0, 0.05) is 38.9 Å². The smallest absolute Gasteiger partial charge is 0.242 e. The van der Waals surface area contributed by atoms with Gasteiger partial charge >= 0.3 is 0 Å². The fourth-order valence-electron chi connectivity index (χ4n) is 3.11. The van der Waals surface area contributed by atoms with Crippen molar-refractivity contribution in [1.82, 2.24) is 10.2 Å². The largest absolute Gasteiger partial charge is 0.361 e. The molecule has 0 unspecified atom stereocenters. The zero-order valence-electron chi connectivity index (χ0n) is 14.9. The SMILES string of the molecule is Cc1ccccc1CN(C)C(=O)CN1CCNCc2ccccc21.Cl. The summed E-state index contributed by atoms with van der Waals surface area (Å²) in [5, 5.41) is 3.42. The van der Waals surface area contributed by atoms with Gasteiger partial charge in [-0.15, -0.1) is 12.4 Å². The summed E-state index contributed by atoms with van der Waals surface area (Å²) in [6.07, 6.45) is 0. The molecule has 0 radical (unpaired) electrons. The highest BCUT2D eigenvalue weighted by Gasteiger charge is 2.19. The normalized spacial score (nSPS) is 13.4. The van der Waals surface area contributed by atoms with Gasteiger partial charge in [-0.25, -0.2) is 0 Å². The molecule has 134 valence electrons. The molecule has 2 aromatic carbocycles. The molecule has 0 fully saturated rings. The van der Waals surface area contributed by atoms with Gasteiger partial charge < -0.3 is 15.1 Å². The summed E-state index contributed by atoms with van der Waals surface area (Å²) < 4.78 is 0. The molecule has 0 saturated heterocycles. The third kappa shape index (κ3) is 4.74. The maximum Gasteiger partial charge on any atom is 0.242 e. The third-order valence-electron chi connectivity index (χ3n) is 4.63. The first-order valence-corrected chi connectivity index (χ1v) is 8.47. The van der Waals surface area contributed by atoms with Gasteiger partial charge in [0.1, 0.15) is 0 Å². The highest BCUT2D eigenvalue weighted by Crippen LogP contribution is 2.22. The first kappa shape index (κ1) is 19.3. The van der Waals surface area contributed by atoms with Crippen LogP contribution in [-0.4, -0.2) is 37.5 Å². The average Bonchev–Trinajstić information content (AvgIpc) is 2.79. The Balaban J connectivity index is 0.00000225. The number of para-hydroxylation sites is 1. The molecule has 0 bridgehead atoms. The van der Waals surface area contributed by atoms with E-state index in [0.717, 1.165) is 19.6 Å². The van der Waals surface area contributed by atoms with E-state index >= 15 is 0 Å². The first-order valence-electron chi connectivity index (χ1n) is 8.47. The Morgan fingerprint density at radius 2 is 1.88 bits per heavy atom. The van der Waals surface area contributed by atoms with E-state index in [0.29, 0.717) is 13.1 Å². The maximum absolute atomic E-state index is 12.7. The van der Waals surface area contributed by atoms with Gasteiger partial charge in [0.2, 0.25) is 5.91 Å². The van der Waals surface area contributed by atoms with Gasteiger partial charge in [-0.2, -0.15) is 0 Å². The topological polar surface area (TPSA) is 35.6 Å². The number of likely N-dealkylation sites (N-methyl/N-ethyl adjacent to an activating group) is 1. The second-order valence-corrected chi connectivity index (χ2v) is 6.40. The number of aryl methyl sites for hydroxylation is 1. The molecule has 0 aromatic heterocycles. The molecule has 1 N–H and O–H groups in total. The molecule has 2 aromatic rings. The lowest BCUT2D eigenvalue weighted by molar-refractivity contribution is -0.128. The van der Waals surface area contributed by atoms with E-state index in [9.17, 15) is 4.79 Å². The Kier molecular flexibility index (Phi) is 6.85. The summed E-state index contributed by atoms with van der Waals surface area (Å²) in [5.74, 6) is 0.148. The summed E-state index contributed by atoms with van der Waals surface area (Å²) in [6, 6.07) is 16.6. The highest BCUT2D eigenvalue weighted by atomic mass is 35.5. The van der Waals surface area contributed by atoms with E-state index in [-0.39, 0.29) is 18.3 Å². The number of amides is 1. The monoisotopic (exact) mass is 359 g/mol. The molecule has 1 heterocycles. The number of hydrogen-bond donors (Lipinski definition) is 1. The van der Waals surface area contributed by atoms with Crippen LogP contribution in [-0.2, 0) is 17.9 Å². The van der Waals surface area contributed by atoms with Crippen LogP contribution in [0.3, 0.4) is 0 Å². The Morgan fingerprint density at radius 3 is 2.68 bits per heavy atom. The number of benzene rings is 2. The molecular formula is C20H26ClN3O. The molecular weight excluding hydrogens is 334 g/mol. The van der Waals surface area contributed by atoms with Crippen LogP contribution in [0.4, 0.5) is 5.69 Å². The minimum Gasteiger partial charge on any atom is -0.361 e. The molecule has 0 atom stereocenters. The second-order valence-electron chi connectivity index (χ2n) is 6.40. The lowest BCUT2D eigenvalue weighted by atomic mass is 10.1. The summed E-state index contributed by atoms with van der Waals surface area (Å²) in [6.45, 7) is 5.76. The first-order chi connectivity index (χ1) is 11.6. The summed E-state index contributed by atoms with van der Waals surface area (Å²) in [7, 11) is 1.89. The fourth-order valence-corrected chi connectivity index (χ4v) is 3.11. The van der Waals surface area contributed by atoms with Crippen LogP contribution in [0.2, 0.25) is 0 Å². The van der Waals surface area contributed by atoms with Crippen LogP contribution < -0.4 is 10.2 Å². The number of anilines is 1. The van der Waals surface area contributed by atoms with E-state index in [4.69, 9.17) is 0 Å². The van der Waals surface area contributed by atoms with Gasteiger partial charge in [0.25, 0.3) is 0 Å². The van der Waals surface area contributed by atoms with Gasteiger partial charge in [0.15, 0.2) is 0 Å². The van der Waals surface area contributed by atoms with Gasteiger partial charge in [-0.3, -0.25) is 4.79 Å². The molecule has 1 amide bonds. The van der Waals surface area contributed by atoms with Crippen molar-refractivity contribution < 1.29 is 4.79 Å². The molecule has 4 nitrogen and oxygen atoms in total. The van der Waals surface area contributed by atoms with Crippen molar-refractivity contribution in [3.63, 3.8) is 0 Å². The van der Waals surface area contributed by atoms with Crippen molar-refractivity contribution >= 4 is 24.0 Å². The van der Waals surface area contributed by atoms with Crippen LogP contribution in [0.15, 0.2) is 48.5 Å². The van der Waals surface area contributed by atoms with Crippen LogP contribution in [0.1, 0.15) is 16.7 Å². The minimum atomic E-state index is 0. The maximum atomic E-state index is 12.7. The Bertz CT molecular complexity index is 720. The fraction of sp³-hybridized carbons (Fsp3) is 0.350. The predicted molar refractivity (Wildman–Crippen MR) is 105 cm³/mol. The quantitative estimate of drug-likeness (QED) is 0.911. The lowest BCUT2D eigenvalue weighted by Crippen LogP contribution is -2.40. The van der Waals surface area contributed by atoms with Crippen molar-refractivity contribution in [2.45, 2.75) is 20.0 Å². The van der Waals surface area contributed by atoms with Crippen molar-refractivity contribution in [2.75, 3.05) is 31.6 Å². The Morgan fingerprint density at radius 1 is 1.16 bits per heavy atom. The van der Waals surface area contributed by atoms with E-state index in [1.54, 1.807) is 0 Å². The summed E-state index contributed by atoms with van der Waals surface area (Å²) >= 11 is 0. The number of nitrogens with zero attached hydrogens (tertiary/aromatic N) is 2. The Labute approximate surface area is 156 Å². The van der Waals surface area contributed by atoms with Crippen molar-refractivity contribution in [3.8, 4) is 0 Å². The van der Waals surface area contributed by atoms with Gasteiger partial charge in [-0.1, -0.05) is 42.5 Å². The van der Waals surface area contributed by atoms with Gasteiger partial charge in [0.05, 0.1) is 6.54 Å².